The number of hydrogen-bond acceptors (Lipinski definition) is 5. The summed E-state index contributed by atoms with van der Waals surface area (Å²) in [5.74, 6) is -0.0602. The van der Waals surface area contributed by atoms with Crippen molar-refractivity contribution in [1.82, 2.24) is 24.7 Å². The Kier molecular flexibility index (Phi) is 6.44. The van der Waals surface area contributed by atoms with Gasteiger partial charge in [0.05, 0.1) is 5.69 Å². The van der Waals surface area contributed by atoms with E-state index in [9.17, 15) is 14.4 Å². The van der Waals surface area contributed by atoms with Gasteiger partial charge in [-0.1, -0.05) is 0 Å². The Labute approximate surface area is 158 Å². The SMILES string of the molecule is COCCCNC(=O)c1nc(C(=O)N2CCN(C=O)CC2)n2c1CCCC2. The van der Waals surface area contributed by atoms with Crippen molar-refractivity contribution in [2.45, 2.75) is 32.2 Å². The Hall–Kier alpha value is -2.42. The maximum Gasteiger partial charge on any atom is 0.290 e. The van der Waals surface area contributed by atoms with Crippen LogP contribution in [0.1, 0.15) is 46.1 Å². The number of carbonyl (C=O) groups excluding carboxylic acids is 3. The summed E-state index contributed by atoms with van der Waals surface area (Å²) in [6.07, 6.45) is 4.25. The normalized spacial score (nSPS) is 16.8. The van der Waals surface area contributed by atoms with Crippen molar-refractivity contribution in [1.29, 1.82) is 0 Å². The Morgan fingerprint density at radius 2 is 1.96 bits per heavy atom. The first kappa shape index (κ1) is 19.3. The Bertz CT molecular complexity index is 694. The summed E-state index contributed by atoms with van der Waals surface area (Å²) in [7, 11) is 1.63. The number of nitrogens with zero attached hydrogens (tertiary/aromatic N) is 4. The minimum absolute atomic E-state index is 0.165. The number of hydrogen-bond donors (Lipinski definition) is 1. The van der Waals surface area contributed by atoms with E-state index in [0.717, 1.165) is 37.8 Å². The Morgan fingerprint density at radius 1 is 1.19 bits per heavy atom. The fourth-order valence-electron chi connectivity index (χ4n) is 3.56. The van der Waals surface area contributed by atoms with E-state index in [2.05, 4.69) is 10.3 Å². The zero-order valence-electron chi connectivity index (χ0n) is 15.8. The van der Waals surface area contributed by atoms with Crippen LogP contribution in [0.2, 0.25) is 0 Å². The van der Waals surface area contributed by atoms with Gasteiger partial charge < -0.3 is 24.4 Å². The van der Waals surface area contributed by atoms with Crippen molar-refractivity contribution in [3.8, 4) is 0 Å². The molecule has 0 spiro atoms. The molecule has 0 atom stereocenters. The minimum atomic E-state index is -0.235. The molecule has 1 saturated heterocycles. The molecule has 3 amide bonds. The molecule has 9 heteroatoms. The van der Waals surface area contributed by atoms with Crippen molar-refractivity contribution in [2.75, 3.05) is 46.4 Å². The molecular formula is C18H27N5O4. The molecule has 0 aliphatic carbocycles. The highest BCUT2D eigenvalue weighted by Crippen LogP contribution is 2.22. The van der Waals surface area contributed by atoms with Gasteiger partial charge in [0.2, 0.25) is 6.41 Å². The number of methoxy groups -OCH3 is 1. The molecule has 2 aliphatic rings. The van der Waals surface area contributed by atoms with Crippen LogP contribution in [0, 0.1) is 0 Å². The molecule has 1 aromatic heterocycles. The van der Waals surface area contributed by atoms with Crippen LogP contribution in [-0.2, 0) is 22.5 Å². The molecule has 3 rings (SSSR count). The van der Waals surface area contributed by atoms with Crippen molar-refractivity contribution in [2.24, 2.45) is 0 Å². The van der Waals surface area contributed by atoms with Gasteiger partial charge in [-0.15, -0.1) is 0 Å². The van der Waals surface area contributed by atoms with Crippen LogP contribution in [0.4, 0.5) is 0 Å². The van der Waals surface area contributed by atoms with Gasteiger partial charge in [-0.05, 0) is 25.7 Å². The summed E-state index contributed by atoms with van der Waals surface area (Å²) in [4.78, 5) is 44.2. The molecule has 9 nitrogen and oxygen atoms in total. The van der Waals surface area contributed by atoms with E-state index in [1.54, 1.807) is 16.9 Å². The van der Waals surface area contributed by atoms with Crippen LogP contribution in [0.25, 0.3) is 0 Å². The van der Waals surface area contributed by atoms with Crippen LogP contribution in [-0.4, -0.2) is 84.0 Å². The Balaban J connectivity index is 1.75. The average molecular weight is 377 g/mol. The van der Waals surface area contributed by atoms with Gasteiger partial charge in [0.1, 0.15) is 5.69 Å². The molecule has 0 bridgehead atoms. The van der Waals surface area contributed by atoms with Gasteiger partial charge in [0.25, 0.3) is 11.8 Å². The van der Waals surface area contributed by atoms with Crippen molar-refractivity contribution in [3.05, 3.63) is 17.2 Å². The second-order valence-corrected chi connectivity index (χ2v) is 6.88. The number of ether oxygens (including phenoxy) is 1. The van der Waals surface area contributed by atoms with Crippen LogP contribution in [0.5, 0.6) is 0 Å². The van der Waals surface area contributed by atoms with E-state index >= 15 is 0 Å². The highest BCUT2D eigenvalue weighted by atomic mass is 16.5. The molecule has 1 N–H and O–H groups in total. The molecule has 148 valence electrons. The number of carbonyl (C=O) groups is 3. The number of imidazole rings is 1. The molecule has 2 aliphatic heterocycles. The van der Waals surface area contributed by atoms with Crippen LogP contribution >= 0.6 is 0 Å². The van der Waals surface area contributed by atoms with Crippen molar-refractivity contribution in [3.63, 3.8) is 0 Å². The lowest BCUT2D eigenvalue weighted by Gasteiger charge is -2.32. The molecule has 1 aromatic rings. The number of rotatable bonds is 7. The standard InChI is InChI=1S/C18H27N5O4/c1-27-12-4-6-19-17(25)15-14-5-2-3-7-23(14)16(20-15)18(26)22-10-8-21(13-24)9-11-22/h13H,2-12H2,1H3,(H,19,25). The maximum atomic E-state index is 13.0. The Morgan fingerprint density at radius 3 is 2.67 bits per heavy atom. The molecule has 1 fully saturated rings. The summed E-state index contributed by atoms with van der Waals surface area (Å²) in [5.41, 5.74) is 1.21. The van der Waals surface area contributed by atoms with E-state index < -0.39 is 0 Å². The van der Waals surface area contributed by atoms with Gasteiger partial charge in [-0.25, -0.2) is 4.98 Å². The first-order chi connectivity index (χ1) is 13.2. The molecule has 0 unspecified atom stereocenters. The van der Waals surface area contributed by atoms with E-state index in [0.29, 0.717) is 57.4 Å². The fraction of sp³-hybridized carbons (Fsp3) is 0.667. The fourth-order valence-corrected chi connectivity index (χ4v) is 3.56. The summed E-state index contributed by atoms with van der Waals surface area (Å²) in [5, 5.41) is 2.86. The van der Waals surface area contributed by atoms with Crippen molar-refractivity contribution >= 4 is 18.2 Å². The van der Waals surface area contributed by atoms with E-state index in [-0.39, 0.29) is 11.8 Å². The first-order valence-corrected chi connectivity index (χ1v) is 9.51. The lowest BCUT2D eigenvalue weighted by molar-refractivity contribution is -0.119. The van der Waals surface area contributed by atoms with Crippen LogP contribution < -0.4 is 5.32 Å². The van der Waals surface area contributed by atoms with E-state index in [1.165, 1.54) is 0 Å². The van der Waals surface area contributed by atoms with Crippen LogP contribution in [0.15, 0.2) is 0 Å². The first-order valence-electron chi connectivity index (χ1n) is 9.51. The van der Waals surface area contributed by atoms with Crippen LogP contribution in [0.3, 0.4) is 0 Å². The molecule has 3 heterocycles. The van der Waals surface area contributed by atoms with Gasteiger partial charge in [-0.2, -0.15) is 0 Å². The average Bonchev–Trinajstić information content (AvgIpc) is 3.10. The summed E-state index contributed by atoms with van der Waals surface area (Å²) in [6.45, 7) is 3.81. The number of aromatic nitrogens is 2. The van der Waals surface area contributed by atoms with Gasteiger partial charge in [0.15, 0.2) is 5.82 Å². The second kappa shape index (κ2) is 8.98. The quantitative estimate of drug-likeness (QED) is 0.529. The largest absolute Gasteiger partial charge is 0.385 e. The topological polar surface area (TPSA) is 96.8 Å². The zero-order valence-corrected chi connectivity index (χ0v) is 15.8. The lowest BCUT2D eigenvalue weighted by Crippen LogP contribution is -2.48. The number of piperazine rings is 1. The van der Waals surface area contributed by atoms with Gasteiger partial charge >= 0.3 is 0 Å². The van der Waals surface area contributed by atoms with Gasteiger partial charge in [0, 0.05) is 53.0 Å². The molecule has 27 heavy (non-hydrogen) atoms. The minimum Gasteiger partial charge on any atom is -0.385 e. The predicted molar refractivity (Wildman–Crippen MR) is 97.5 cm³/mol. The molecule has 0 aromatic carbocycles. The van der Waals surface area contributed by atoms with Crippen molar-refractivity contribution < 1.29 is 19.1 Å². The number of amides is 3. The summed E-state index contributed by atoms with van der Waals surface area (Å²) in [6, 6.07) is 0. The number of fused-ring (bicyclic) bond motifs is 1. The maximum absolute atomic E-state index is 13.0. The zero-order chi connectivity index (χ0) is 19.2. The number of nitrogens with one attached hydrogen (secondary N) is 1. The lowest BCUT2D eigenvalue weighted by atomic mass is 10.1. The molecular weight excluding hydrogens is 350 g/mol. The molecule has 0 saturated carbocycles. The smallest absolute Gasteiger partial charge is 0.290 e. The second-order valence-electron chi connectivity index (χ2n) is 6.88. The van der Waals surface area contributed by atoms with E-state index in [4.69, 9.17) is 4.74 Å². The third-order valence-corrected chi connectivity index (χ3v) is 5.09. The molecule has 0 radical (unpaired) electrons. The highest BCUT2D eigenvalue weighted by molar-refractivity contribution is 5.97. The van der Waals surface area contributed by atoms with E-state index in [1.807, 2.05) is 4.57 Å². The highest BCUT2D eigenvalue weighted by Gasteiger charge is 2.30. The summed E-state index contributed by atoms with van der Waals surface area (Å²) < 4.78 is 6.90. The van der Waals surface area contributed by atoms with Gasteiger partial charge in [-0.3, -0.25) is 14.4 Å². The third kappa shape index (κ3) is 4.29. The summed E-state index contributed by atoms with van der Waals surface area (Å²) >= 11 is 0. The monoisotopic (exact) mass is 377 g/mol. The predicted octanol–water partition coefficient (Wildman–Crippen LogP) is -0.100. The third-order valence-electron chi connectivity index (χ3n) is 5.09.